The SMILES string of the molecule is O=C(Cn1cccnc1=O)N1CC[C@]2(CCCN(C3CCCC3)C2=O)C1. The summed E-state index contributed by atoms with van der Waals surface area (Å²) in [5, 5.41) is 0. The topological polar surface area (TPSA) is 75.5 Å². The van der Waals surface area contributed by atoms with Crippen molar-refractivity contribution in [1.29, 1.82) is 0 Å². The zero-order chi connectivity index (χ0) is 18.1. The summed E-state index contributed by atoms with van der Waals surface area (Å²) < 4.78 is 1.32. The van der Waals surface area contributed by atoms with E-state index in [4.69, 9.17) is 0 Å². The Morgan fingerprint density at radius 1 is 1.15 bits per heavy atom. The van der Waals surface area contributed by atoms with Crippen molar-refractivity contribution in [2.45, 2.75) is 57.5 Å². The van der Waals surface area contributed by atoms with Gasteiger partial charge in [-0.25, -0.2) is 9.78 Å². The lowest BCUT2D eigenvalue weighted by atomic mass is 9.77. The van der Waals surface area contributed by atoms with Crippen LogP contribution in [0.15, 0.2) is 23.3 Å². The fourth-order valence-corrected chi connectivity index (χ4v) is 4.88. The first-order chi connectivity index (χ1) is 12.6. The molecule has 3 aliphatic rings. The van der Waals surface area contributed by atoms with E-state index in [0.29, 0.717) is 19.1 Å². The second-order valence-electron chi connectivity index (χ2n) is 7.92. The molecule has 1 aromatic rings. The third-order valence-electron chi connectivity index (χ3n) is 6.33. The van der Waals surface area contributed by atoms with Crippen LogP contribution in [-0.2, 0) is 16.1 Å². The summed E-state index contributed by atoms with van der Waals surface area (Å²) in [5.74, 6) is 0.146. The fraction of sp³-hybridized carbons (Fsp3) is 0.684. The van der Waals surface area contributed by atoms with Crippen LogP contribution in [0.1, 0.15) is 44.9 Å². The molecule has 0 aromatic carbocycles. The first-order valence-electron chi connectivity index (χ1n) is 9.69. The normalized spacial score (nSPS) is 26.8. The first-order valence-corrected chi connectivity index (χ1v) is 9.69. The summed E-state index contributed by atoms with van der Waals surface area (Å²) in [6.45, 7) is 1.94. The second kappa shape index (κ2) is 6.85. The van der Waals surface area contributed by atoms with Crippen molar-refractivity contribution in [2.75, 3.05) is 19.6 Å². The Kier molecular flexibility index (Phi) is 4.54. The number of aromatic nitrogens is 2. The lowest BCUT2D eigenvalue weighted by molar-refractivity contribution is -0.148. The predicted octanol–water partition coefficient (Wildman–Crippen LogP) is 1.03. The van der Waals surface area contributed by atoms with E-state index in [1.807, 2.05) is 0 Å². The van der Waals surface area contributed by atoms with Gasteiger partial charge in [-0.2, -0.15) is 0 Å². The molecule has 0 bridgehead atoms. The van der Waals surface area contributed by atoms with Gasteiger partial charge < -0.3 is 9.80 Å². The van der Waals surface area contributed by atoms with Crippen LogP contribution in [0.3, 0.4) is 0 Å². The van der Waals surface area contributed by atoms with Gasteiger partial charge in [-0.15, -0.1) is 0 Å². The molecule has 1 saturated carbocycles. The van der Waals surface area contributed by atoms with Gasteiger partial charge in [0.1, 0.15) is 6.54 Å². The van der Waals surface area contributed by atoms with Gasteiger partial charge in [-0.3, -0.25) is 14.2 Å². The Labute approximate surface area is 153 Å². The highest BCUT2D eigenvalue weighted by molar-refractivity contribution is 5.86. The molecule has 2 amide bonds. The maximum absolute atomic E-state index is 13.2. The predicted molar refractivity (Wildman–Crippen MR) is 95.3 cm³/mol. The number of likely N-dealkylation sites (tertiary alicyclic amines) is 2. The van der Waals surface area contributed by atoms with Gasteiger partial charge in [-0.05, 0) is 38.2 Å². The third kappa shape index (κ3) is 3.04. The number of hydrogen-bond donors (Lipinski definition) is 0. The van der Waals surface area contributed by atoms with Gasteiger partial charge in [0.05, 0.1) is 5.41 Å². The molecule has 1 spiro atoms. The maximum Gasteiger partial charge on any atom is 0.347 e. The summed E-state index contributed by atoms with van der Waals surface area (Å²) in [6.07, 6.45) is 10.3. The molecule has 1 aliphatic carbocycles. The molecular formula is C19H26N4O3. The lowest BCUT2D eigenvalue weighted by Gasteiger charge is -2.42. The van der Waals surface area contributed by atoms with E-state index in [1.165, 1.54) is 23.6 Å². The van der Waals surface area contributed by atoms with Crippen LogP contribution in [-0.4, -0.2) is 56.8 Å². The quantitative estimate of drug-likeness (QED) is 0.809. The molecule has 26 heavy (non-hydrogen) atoms. The number of carbonyl (C=O) groups excluding carboxylic acids is 2. The minimum atomic E-state index is -0.420. The van der Waals surface area contributed by atoms with E-state index in [2.05, 4.69) is 9.88 Å². The van der Waals surface area contributed by atoms with Gasteiger partial charge in [0.25, 0.3) is 0 Å². The Hall–Kier alpha value is -2.18. The molecule has 1 aromatic heterocycles. The number of hydrogen-bond acceptors (Lipinski definition) is 4. The summed E-state index contributed by atoms with van der Waals surface area (Å²) in [5.41, 5.74) is -0.827. The number of carbonyl (C=O) groups is 2. The molecule has 7 nitrogen and oxygen atoms in total. The van der Waals surface area contributed by atoms with E-state index >= 15 is 0 Å². The smallest absolute Gasteiger partial charge is 0.340 e. The second-order valence-corrected chi connectivity index (χ2v) is 7.92. The van der Waals surface area contributed by atoms with Crippen molar-refractivity contribution in [1.82, 2.24) is 19.4 Å². The molecule has 0 N–H and O–H groups in total. The van der Waals surface area contributed by atoms with Gasteiger partial charge >= 0.3 is 5.69 Å². The molecule has 1 atom stereocenters. The molecule has 4 rings (SSSR count). The van der Waals surface area contributed by atoms with E-state index in [9.17, 15) is 14.4 Å². The highest BCUT2D eigenvalue weighted by Gasteiger charge is 2.50. The van der Waals surface area contributed by atoms with Crippen LogP contribution in [0.25, 0.3) is 0 Å². The van der Waals surface area contributed by atoms with Crippen molar-refractivity contribution >= 4 is 11.8 Å². The monoisotopic (exact) mass is 358 g/mol. The van der Waals surface area contributed by atoms with Crippen LogP contribution < -0.4 is 5.69 Å². The molecule has 7 heteroatoms. The number of amides is 2. The van der Waals surface area contributed by atoms with Gasteiger partial charge in [0.2, 0.25) is 11.8 Å². The Bertz CT molecular complexity index is 755. The van der Waals surface area contributed by atoms with Crippen LogP contribution in [0.2, 0.25) is 0 Å². The molecule has 0 radical (unpaired) electrons. The Morgan fingerprint density at radius 3 is 2.73 bits per heavy atom. The van der Waals surface area contributed by atoms with E-state index in [-0.39, 0.29) is 18.4 Å². The Balaban J connectivity index is 1.45. The van der Waals surface area contributed by atoms with Crippen molar-refractivity contribution in [2.24, 2.45) is 5.41 Å². The maximum atomic E-state index is 13.2. The lowest BCUT2D eigenvalue weighted by Crippen LogP contribution is -2.53. The zero-order valence-electron chi connectivity index (χ0n) is 15.1. The van der Waals surface area contributed by atoms with Crippen LogP contribution in [0.4, 0.5) is 0 Å². The fourth-order valence-electron chi connectivity index (χ4n) is 4.88. The van der Waals surface area contributed by atoms with Crippen molar-refractivity contribution in [3.8, 4) is 0 Å². The third-order valence-corrected chi connectivity index (χ3v) is 6.33. The zero-order valence-corrected chi connectivity index (χ0v) is 15.1. The number of rotatable bonds is 3. The summed E-state index contributed by atoms with van der Waals surface area (Å²) in [7, 11) is 0. The van der Waals surface area contributed by atoms with Crippen LogP contribution in [0.5, 0.6) is 0 Å². The minimum absolute atomic E-state index is 0.0106. The molecular weight excluding hydrogens is 332 g/mol. The summed E-state index contributed by atoms with van der Waals surface area (Å²) in [6, 6.07) is 2.04. The minimum Gasteiger partial charge on any atom is -0.340 e. The van der Waals surface area contributed by atoms with Crippen LogP contribution in [0, 0.1) is 5.41 Å². The average Bonchev–Trinajstić information content (AvgIpc) is 3.30. The largest absolute Gasteiger partial charge is 0.347 e. The standard InChI is InChI=1S/C19H26N4O3/c24-16(13-21-10-4-9-20-18(21)26)22-12-8-19(14-22)7-3-11-23(17(19)25)15-5-1-2-6-15/h4,9-10,15H,1-3,5-8,11-14H2/t19-/m1/s1. The molecule has 3 heterocycles. The van der Waals surface area contributed by atoms with Gasteiger partial charge in [0, 0.05) is 38.1 Å². The van der Waals surface area contributed by atoms with E-state index in [0.717, 1.165) is 38.6 Å². The summed E-state index contributed by atoms with van der Waals surface area (Å²) >= 11 is 0. The van der Waals surface area contributed by atoms with Crippen molar-refractivity contribution < 1.29 is 9.59 Å². The van der Waals surface area contributed by atoms with Gasteiger partial charge in [-0.1, -0.05) is 12.8 Å². The van der Waals surface area contributed by atoms with Crippen molar-refractivity contribution in [3.63, 3.8) is 0 Å². The molecule has 2 saturated heterocycles. The average molecular weight is 358 g/mol. The Morgan fingerprint density at radius 2 is 1.96 bits per heavy atom. The molecule has 0 unspecified atom stereocenters. The molecule has 3 fully saturated rings. The van der Waals surface area contributed by atoms with Gasteiger partial charge in [0.15, 0.2) is 0 Å². The molecule has 140 valence electrons. The number of piperidine rings is 1. The summed E-state index contributed by atoms with van der Waals surface area (Å²) in [4.78, 5) is 45.2. The first kappa shape index (κ1) is 17.2. The highest BCUT2D eigenvalue weighted by Crippen LogP contribution is 2.42. The van der Waals surface area contributed by atoms with E-state index < -0.39 is 11.1 Å². The number of nitrogens with zero attached hydrogens (tertiary/aromatic N) is 4. The highest BCUT2D eigenvalue weighted by atomic mass is 16.2. The van der Waals surface area contributed by atoms with Crippen LogP contribution >= 0.6 is 0 Å². The van der Waals surface area contributed by atoms with Crippen molar-refractivity contribution in [3.05, 3.63) is 28.9 Å². The molecule has 2 aliphatic heterocycles. The van der Waals surface area contributed by atoms with E-state index in [1.54, 1.807) is 17.2 Å².